The molecule has 0 fully saturated rings. The Bertz CT molecular complexity index is 545. The highest BCUT2D eigenvalue weighted by molar-refractivity contribution is 14.1. The van der Waals surface area contributed by atoms with E-state index in [-0.39, 0.29) is 11.8 Å². The molecule has 0 bridgehead atoms. The van der Waals surface area contributed by atoms with Gasteiger partial charge in [0, 0.05) is 11.8 Å². The van der Waals surface area contributed by atoms with Gasteiger partial charge in [-0.1, -0.05) is 31.2 Å². The summed E-state index contributed by atoms with van der Waals surface area (Å²) in [6.07, 6.45) is 4.62. The summed E-state index contributed by atoms with van der Waals surface area (Å²) in [5, 5.41) is 4.18. The van der Waals surface area contributed by atoms with Crippen LogP contribution in [-0.2, 0) is 6.42 Å². The molecule has 1 aromatic carbocycles. The highest BCUT2D eigenvalue weighted by Crippen LogP contribution is 2.15. The van der Waals surface area contributed by atoms with Gasteiger partial charge in [-0.25, -0.2) is 0 Å². The smallest absolute Gasteiger partial charge is 0.187 e. The van der Waals surface area contributed by atoms with E-state index in [2.05, 4.69) is 34.6 Å². The highest BCUT2D eigenvalue weighted by Gasteiger charge is 2.17. The number of rotatable bonds is 4. The lowest BCUT2D eigenvalue weighted by Crippen LogP contribution is -2.17. The van der Waals surface area contributed by atoms with Crippen LogP contribution in [0, 0.1) is 3.57 Å². The molecule has 1 aromatic heterocycles. The predicted molar refractivity (Wildman–Crippen MR) is 79.8 cm³/mol. The zero-order chi connectivity index (χ0) is 13.1. The van der Waals surface area contributed by atoms with Gasteiger partial charge in [0.2, 0.25) is 0 Å². The predicted octanol–water partition coefficient (Wildman–Crippen LogP) is 3.49. The molecule has 2 rings (SSSR count). The van der Waals surface area contributed by atoms with Crippen molar-refractivity contribution < 1.29 is 4.79 Å². The summed E-state index contributed by atoms with van der Waals surface area (Å²) in [6.45, 7) is 3.98. The Hall–Kier alpha value is -1.17. The van der Waals surface area contributed by atoms with E-state index in [9.17, 15) is 4.79 Å². The van der Waals surface area contributed by atoms with Crippen molar-refractivity contribution in [1.29, 1.82) is 0 Å². The van der Waals surface area contributed by atoms with E-state index >= 15 is 0 Å². The fourth-order valence-corrected chi connectivity index (χ4v) is 2.20. The second-order valence-electron chi connectivity index (χ2n) is 4.23. The molecule has 1 heterocycles. The number of ketones is 1. The number of aromatic nitrogens is 2. The molecule has 0 aliphatic carbocycles. The van der Waals surface area contributed by atoms with Crippen LogP contribution in [0.5, 0.6) is 0 Å². The molecule has 4 heteroatoms. The van der Waals surface area contributed by atoms with Crippen molar-refractivity contribution >= 4 is 28.4 Å². The first kappa shape index (κ1) is 13.3. The quantitative estimate of drug-likeness (QED) is 0.622. The van der Waals surface area contributed by atoms with E-state index in [1.54, 1.807) is 10.9 Å². The summed E-state index contributed by atoms with van der Waals surface area (Å²) in [6, 6.07) is 7.54. The normalized spacial score (nSPS) is 12.4. The molecule has 3 nitrogen and oxygen atoms in total. The van der Waals surface area contributed by atoms with Gasteiger partial charge in [-0.15, -0.1) is 0 Å². The highest BCUT2D eigenvalue weighted by atomic mass is 127. The molecule has 94 valence electrons. The number of aryl methyl sites for hydroxylation is 1. The molecule has 0 saturated carbocycles. The maximum atomic E-state index is 12.3. The molecule has 0 amide bonds. The van der Waals surface area contributed by atoms with Gasteiger partial charge in [-0.05, 0) is 41.5 Å². The van der Waals surface area contributed by atoms with Gasteiger partial charge >= 0.3 is 0 Å². The SMILES string of the molecule is CCc1ccc(C(=O)C(C)n2cc(I)cn2)cc1. The Morgan fingerprint density at radius 1 is 1.39 bits per heavy atom. The number of carbonyl (C=O) groups excluding carboxylic acids is 1. The molecule has 0 saturated heterocycles. The monoisotopic (exact) mass is 354 g/mol. The van der Waals surface area contributed by atoms with Crippen LogP contribution in [0.1, 0.15) is 35.8 Å². The van der Waals surface area contributed by atoms with Crippen molar-refractivity contribution in [2.24, 2.45) is 0 Å². The van der Waals surface area contributed by atoms with Gasteiger partial charge in [-0.3, -0.25) is 9.48 Å². The fourth-order valence-electron chi connectivity index (χ4n) is 1.79. The number of carbonyl (C=O) groups is 1. The standard InChI is InChI=1S/C14H15IN2O/c1-3-11-4-6-12(7-5-11)14(18)10(2)17-9-13(15)8-16-17/h4-10H,3H2,1-2H3. The van der Waals surface area contributed by atoms with Crippen molar-refractivity contribution in [1.82, 2.24) is 9.78 Å². The van der Waals surface area contributed by atoms with Gasteiger partial charge < -0.3 is 0 Å². The molecule has 0 radical (unpaired) electrons. The van der Waals surface area contributed by atoms with Crippen molar-refractivity contribution in [3.63, 3.8) is 0 Å². The van der Waals surface area contributed by atoms with E-state index in [1.807, 2.05) is 37.4 Å². The lowest BCUT2D eigenvalue weighted by Gasteiger charge is -2.11. The number of benzene rings is 1. The van der Waals surface area contributed by atoms with E-state index in [0.717, 1.165) is 15.6 Å². The maximum absolute atomic E-state index is 12.3. The summed E-state index contributed by atoms with van der Waals surface area (Å²) in [7, 11) is 0. The van der Waals surface area contributed by atoms with Crippen molar-refractivity contribution in [3.05, 3.63) is 51.4 Å². The van der Waals surface area contributed by atoms with Crippen molar-refractivity contribution in [3.8, 4) is 0 Å². The first-order valence-electron chi connectivity index (χ1n) is 5.94. The topological polar surface area (TPSA) is 34.9 Å². The maximum Gasteiger partial charge on any atom is 0.187 e. The van der Waals surface area contributed by atoms with Crippen LogP contribution < -0.4 is 0 Å². The first-order chi connectivity index (χ1) is 8.61. The second kappa shape index (κ2) is 5.65. The number of halogens is 1. The Morgan fingerprint density at radius 3 is 2.56 bits per heavy atom. The minimum absolute atomic E-state index is 0.0946. The number of nitrogens with zero attached hydrogens (tertiary/aromatic N) is 2. The van der Waals surface area contributed by atoms with E-state index < -0.39 is 0 Å². The summed E-state index contributed by atoms with van der Waals surface area (Å²) in [5.41, 5.74) is 1.98. The average molecular weight is 354 g/mol. The molecule has 2 aromatic rings. The molecule has 0 aliphatic rings. The number of Topliss-reactive ketones (excluding diaryl/α,β-unsaturated/α-hetero) is 1. The summed E-state index contributed by atoms with van der Waals surface area (Å²) >= 11 is 2.19. The van der Waals surface area contributed by atoms with Crippen LogP contribution in [0.3, 0.4) is 0 Å². The van der Waals surface area contributed by atoms with Crippen LogP contribution in [0.25, 0.3) is 0 Å². The largest absolute Gasteiger partial charge is 0.292 e. The van der Waals surface area contributed by atoms with Gasteiger partial charge in [0.05, 0.1) is 9.77 Å². The van der Waals surface area contributed by atoms with E-state index in [1.165, 1.54) is 5.56 Å². The van der Waals surface area contributed by atoms with Gasteiger partial charge in [0.15, 0.2) is 5.78 Å². The summed E-state index contributed by atoms with van der Waals surface area (Å²) in [5.74, 6) is 0.0946. The molecular formula is C14H15IN2O. The number of hydrogen-bond acceptors (Lipinski definition) is 2. The van der Waals surface area contributed by atoms with Crippen LogP contribution in [-0.4, -0.2) is 15.6 Å². The third kappa shape index (κ3) is 2.80. The zero-order valence-electron chi connectivity index (χ0n) is 10.4. The molecule has 1 atom stereocenters. The summed E-state index contributed by atoms with van der Waals surface area (Å²) < 4.78 is 2.74. The molecular weight excluding hydrogens is 339 g/mol. The molecule has 0 N–H and O–H groups in total. The average Bonchev–Trinajstić information content (AvgIpc) is 2.84. The Balaban J connectivity index is 2.19. The number of hydrogen-bond donors (Lipinski definition) is 0. The van der Waals surface area contributed by atoms with Gasteiger partial charge in [-0.2, -0.15) is 5.10 Å². The lowest BCUT2D eigenvalue weighted by atomic mass is 10.0. The van der Waals surface area contributed by atoms with E-state index in [0.29, 0.717) is 0 Å². The zero-order valence-corrected chi connectivity index (χ0v) is 12.6. The Kier molecular flexibility index (Phi) is 4.16. The van der Waals surface area contributed by atoms with Crippen LogP contribution in [0.4, 0.5) is 0 Å². The minimum Gasteiger partial charge on any atom is -0.292 e. The Morgan fingerprint density at radius 2 is 2.06 bits per heavy atom. The third-order valence-electron chi connectivity index (χ3n) is 2.99. The first-order valence-corrected chi connectivity index (χ1v) is 7.02. The second-order valence-corrected chi connectivity index (χ2v) is 5.47. The van der Waals surface area contributed by atoms with Crippen LogP contribution in [0.2, 0.25) is 0 Å². The van der Waals surface area contributed by atoms with Crippen LogP contribution in [0.15, 0.2) is 36.7 Å². The molecule has 18 heavy (non-hydrogen) atoms. The van der Waals surface area contributed by atoms with Crippen molar-refractivity contribution in [2.75, 3.05) is 0 Å². The molecule has 1 unspecified atom stereocenters. The van der Waals surface area contributed by atoms with Gasteiger partial charge in [0.1, 0.15) is 6.04 Å². The van der Waals surface area contributed by atoms with E-state index in [4.69, 9.17) is 0 Å². The minimum atomic E-state index is -0.263. The third-order valence-corrected chi connectivity index (χ3v) is 3.55. The van der Waals surface area contributed by atoms with Crippen molar-refractivity contribution in [2.45, 2.75) is 26.3 Å². The molecule has 0 spiro atoms. The fraction of sp³-hybridized carbons (Fsp3) is 0.286. The summed E-state index contributed by atoms with van der Waals surface area (Å²) in [4.78, 5) is 12.3. The van der Waals surface area contributed by atoms with Crippen LogP contribution >= 0.6 is 22.6 Å². The molecule has 0 aliphatic heterocycles. The lowest BCUT2D eigenvalue weighted by molar-refractivity contribution is 0.0928. The van der Waals surface area contributed by atoms with Gasteiger partial charge in [0.25, 0.3) is 0 Å². The Labute approximate surface area is 120 Å².